The molecule has 1 aliphatic heterocycles. The van der Waals surface area contributed by atoms with Crippen molar-refractivity contribution in [3.8, 4) is 0 Å². The van der Waals surface area contributed by atoms with Gasteiger partial charge in [0.15, 0.2) is 5.78 Å². The maximum absolute atomic E-state index is 12.4. The Morgan fingerprint density at radius 1 is 1.15 bits per heavy atom. The average Bonchev–Trinajstić information content (AvgIpc) is 2.51. The van der Waals surface area contributed by atoms with Gasteiger partial charge in [-0.05, 0) is 30.9 Å². The number of carbonyl (C=O) groups is 2. The molecule has 0 saturated heterocycles. The minimum Gasteiger partial charge on any atom is -0.331 e. The van der Waals surface area contributed by atoms with Gasteiger partial charge in [-0.3, -0.25) is 9.59 Å². The molecule has 0 spiro atoms. The van der Waals surface area contributed by atoms with Crippen LogP contribution in [-0.4, -0.2) is 29.7 Å². The van der Waals surface area contributed by atoms with Crippen LogP contribution in [0.5, 0.6) is 0 Å². The van der Waals surface area contributed by atoms with Crippen LogP contribution in [0.15, 0.2) is 24.3 Å². The lowest BCUT2D eigenvalue weighted by Gasteiger charge is -2.30. The van der Waals surface area contributed by atoms with Gasteiger partial charge in [0.1, 0.15) is 0 Å². The quantitative estimate of drug-likeness (QED) is 0.847. The molecule has 0 radical (unpaired) electrons. The van der Waals surface area contributed by atoms with Gasteiger partial charge in [-0.25, -0.2) is 0 Å². The van der Waals surface area contributed by atoms with Crippen molar-refractivity contribution in [3.05, 3.63) is 35.4 Å². The van der Waals surface area contributed by atoms with E-state index in [1.54, 1.807) is 4.90 Å². The van der Waals surface area contributed by atoms with Crippen molar-refractivity contribution in [1.29, 1.82) is 0 Å². The lowest BCUT2D eigenvalue weighted by Crippen LogP contribution is -2.42. The van der Waals surface area contributed by atoms with Crippen LogP contribution in [0.4, 0.5) is 0 Å². The van der Waals surface area contributed by atoms with E-state index in [9.17, 15) is 9.59 Å². The number of Topliss-reactive ketones (excluding diaryl/α,β-unsaturated/α-hetero) is 1. The summed E-state index contributed by atoms with van der Waals surface area (Å²) in [5.41, 5.74) is 1.88. The first-order valence-electron chi connectivity index (χ1n) is 7.65. The SMILES string of the molecule is O=C(CN1CCc2ccccc2C1=O)C1CCCCC1. The highest BCUT2D eigenvalue weighted by Gasteiger charge is 2.28. The van der Waals surface area contributed by atoms with E-state index in [1.807, 2.05) is 24.3 Å². The molecule has 0 atom stereocenters. The van der Waals surface area contributed by atoms with Crippen LogP contribution in [0.2, 0.25) is 0 Å². The van der Waals surface area contributed by atoms with E-state index in [-0.39, 0.29) is 17.6 Å². The normalized spacial score (nSPS) is 19.8. The zero-order valence-corrected chi connectivity index (χ0v) is 11.8. The van der Waals surface area contributed by atoms with Crippen LogP contribution in [0.1, 0.15) is 48.0 Å². The Balaban J connectivity index is 1.67. The van der Waals surface area contributed by atoms with E-state index in [1.165, 1.54) is 6.42 Å². The van der Waals surface area contributed by atoms with Gasteiger partial charge in [0, 0.05) is 18.0 Å². The number of amides is 1. The van der Waals surface area contributed by atoms with E-state index < -0.39 is 0 Å². The lowest BCUT2D eigenvalue weighted by atomic mass is 9.86. The molecule has 3 heteroatoms. The molecular formula is C17H21NO2. The molecule has 106 valence electrons. The molecule has 1 aromatic carbocycles. The molecule has 3 nitrogen and oxygen atoms in total. The zero-order valence-electron chi connectivity index (χ0n) is 11.8. The van der Waals surface area contributed by atoms with Crippen molar-refractivity contribution >= 4 is 11.7 Å². The minimum atomic E-state index is 0.0241. The zero-order chi connectivity index (χ0) is 13.9. The van der Waals surface area contributed by atoms with Gasteiger partial charge in [0.2, 0.25) is 0 Å². The maximum Gasteiger partial charge on any atom is 0.254 e. The van der Waals surface area contributed by atoms with E-state index in [2.05, 4.69) is 0 Å². The third kappa shape index (κ3) is 2.62. The number of rotatable bonds is 3. The van der Waals surface area contributed by atoms with Crippen molar-refractivity contribution in [2.75, 3.05) is 13.1 Å². The summed E-state index contributed by atoms with van der Waals surface area (Å²) >= 11 is 0. The second-order valence-corrected chi connectivity index (χ2v) is 5.94. The first kappa shape index (κ1) is 13.3. The lowest BCUT2D eigenvalue weighted by molar-refractivity contribution is -0.124. The average molecular weight is 271 g/mol. The van der Waals surface area contributed by atoms with E-state index in [4.69, 9.17) is 0 Å². The Bertz CT molecular complexity index is 517. The van der Waals surface area contributed by atoms with Gasteiger partial charge in [0.05, 0.1) is 6.54 Å². The Hall–Kier alpha value is -1.64. The fourth-order valence-corrected chi connectivity index (χ4v) is 3.37. The van der Waals surface area contributed by atoms with Gasteiger partial charge in [-0.2, -0.15) is 0 Å². The van der Waals surface area contributed by atoms with Crippen molar-refractivity contribution in [2.24, 2.45) is 5.92 Å². The molecule has 1 fully saturated rings. The molecule has 1 saturated carbocycles. The Morgan fingerprint density at radius 3 is 2.70 bits per heavy atom. The molecular weight excluding hydrogens is 250 g/mol. The molecule has 2 aliphatic rings. The van der Waals surface area contributed by atoms with Crippen LogP contribution < -0.4 is 0 Å². The standard InChI is InChI=1S/C17H21NO2/c19-16(14-7-2-1-3-8-14)12-18-11-10-13-6-4-5-9-15(13)17(18)20/h4-6,9,14H,1-3,7-8,10-12H2. The topological polar surface area (TPSA) is 37.4 Å². The molecule has 0 unspecified atom stereocenters. The Kier molecular flexibility index (Phi) is 3.86. The van der Waals surface area contributed by atoms with Gasteiger partial charge in [-0.1, -0.05) is 37.5 Å². The summed E-state index contributed by atoms with van der Waals surface area (Å²) in [6.45, 7) is 0.978. The third-order valence-corrected chi connectivity index (χ3v) is 4.59. The largest absolute Gasteiger partial charge is 0.331 e. The molecule has 1 heterocycles. The highest BCUT2D eigenvalue weighted by Crippen LogP contribution is 2.25. The number of carbonyl (C=O) groups excluding carboxylic acids is 2. The monoisotopic (exact) mass is 271 g/mol. The van der Waals surface area contributed by atoms with Crippen molar-refractivity contribution < 1.29 is 9.59 Å². The third-order valence-electron chi connectivity index (χ3n) is 4.59. The van der Waals surface area contributed by atoms with E-state index >= 15 is 0 Å². The number of benzene rings is 1. The van der Waals surface area contributed by atoms with Crippen molar-refractivity contribution in [2.45, 2.75) is 38.5 Å². The van der Waals surface area contributed by atoms with Crippen LogP contribution >= 0.6 is 0 Å². The van der Waals surface area contributed by atoms with Crippen LogP contribution in [0, 0.1) is 5.92 Å². The fraction of sp³-hybridized carbons (Fsp3) is 0.529. The smallest absolute Gasteiger partial charge is 0.254 e. The second-order valence-electron chi connectivity index (χ2n) is 5.94. The molecule has 20 heavy (non-hydrogen) atoms. The van der Waals surface area contributed by atoms with Crippen molar-refractivity contribution in [1.82, 2.24) is 4.90 Å². The summed E-state index contributed by atoms with van der Waals surface area (Å²) in [5.74, 6) is 0.474. The van der Waals surface area contributed by atoms with Crippen molar-refractivity contribution in [3.63, 3.8) is 0 Å². The second kappa shape index (κ2) is 5.78. The summed E-state index contributed by atoms with van der Waals surface area (Å²) in [6, 6.07) is 7.74. The summed E-state index contributed by atoms with van der Waals surface area (Å²) in [6.07, 6.45) is 6.45. The van der Waals surface area contributed by atoms with Gasteiger partial charge in [0.25, 0.3) is 5.91 Å². The Morgan fingerprint density at radius 2 is 1.90 bits per heavy atom. The molecule has 0 aromatic heterocycles. The molecule has 1 amide bonds. The molecule has 0 bridgehead atoms. The molecule has 1 aromatic rings. The minimum absolute atomic E-state index is 0.0241. The van der Waals surface area contributed by atoms with Crippen LogP contribution in [0.3, 0.4) is 0 Å². The molecule has 0 N–H and O–H groups in total. The number of hydrogen-bond acceptors (Lipinski definition) is 2. The maximum atomic E-state index is 12.4. The summed E-state index contributed by atoms with van der Waals surface area (Å²) in [4.78, 5) is 26.5. The molecule has 1 aliphatic carbocycles. The predicted octanol–water partition coefficient (Wildman–Crippen LogP) is 2.83. The van der Waals surface area contributed by atoms with Crippen LogP contribution in [-0.2, 0) is 11.2 Å². The summed E-state index contributed by atoms with van der Waals surface area (Å²) in [7, 11) is 0. The number of nitrogens with zero attached hydrogens (tertiary/aromatic N) is 1. The highest BCUT2D eigenvalue weighted by molar-refractivity contribution is 5.99. The van der Waals surface area contributed by atoms with Crippen LogP contribution in [0.25, 0.3) is 0 Å². The van der Waals surface area contributed by atoms with E-state index in [0.717, 1.165) is 43.2 Å². The number of hydrogen-bond donors (Lipinski definition) is 0. The number of fused-ring (bicyclic) bond motifs is 1. The number of ketones is 1. The Labute approximate surface area is 120 Å². The van der Waals surface area contributed by atoms with Gasteiger partial charge >= 0.3 is 0 Å². The predicted molar refractivity (Wildman–Crippen MR) is 77.6 cm³/mol. The summed E-state index contributed by atoms with van der Waals surface area (Å²) in [5, 5.41) is 0. The van der Waals surface area contributed by atoms with Gasteiger partial charge < -0.3 is 4.90 Å². The fourth-order valence-electron chi connectivity index (χ4n) is 3.37. The first-order chi connectivity index (χ1) is 9.75. The summed E-state index contributed by atoms with van der Waals surface area (Å²) < 4.78 is 0. The van der Waals surface area contributed by atoms with E-state index in [0.29, 0.717) is 13.1 Å². The van der Waals surface area contributed by atoms with Gasteiger partial charge in [-0.15, -0.1) is 0 Å². The first-order valence-corrected chi connectivity index (χ1v) is 7.65. The highest BCUT2D eigenvalue weighted by atomic mass is 16.2. The molecule has 3 rings (SSSR count).